The third kappa shape index (κ3) is 1.24. The molecule has 0 spiro atoms. The smallest absolute Gasteiger partial charge is 0.203 e. The van der Waals surface area contributed by atoms with Crippen LogP contribution < -0.4 is 5.73 Å². The summed E-state index contributed by atoms with van der Waals surface area (Å²) in [5.41, 5.74) is 6.31. The normalized spacial score (nSPS) is 10.0. The minimum absolute atomic E-state index is 0.460. The van der Waals surface area contributed by atoms with Gasteiger partial charge in [0.2, 0.25) is 5.13 Å². The molecular weight excluding hydrogens is 174 g/mol. The lowest BCUT2D eigenvalue weighted by atomic mass is 10.3. The van der Waals surface area contributed by atoms with E-state index in [2.05, 4.69) is 20.4 Å². The second-order valence-corrected chi connectivity index (χ2v) is 3.09. The number of hydrogen-bond acceptors (Lipinski definition) is 6. The van der Waals surface area contributed by atoms with Crippen molar-refractivity contribution in [3.8, 4) is 10.6 Å². The minimum atomic E-state index is 0.460. The van der Waals surface area contributed by atoms with Crippen molar-refractivity contribution >= 4 is 16.5 Å². The van der Waals surface area contributed by atoms with Gasteiger partial charge in [0.25, 0.3) is 0 Å². The molecule has 6 heteroatoms. The zero-order valence-corrected chi connectivity index (χ0v) is 6.82. The fourth-order valence-electron chi connectivity index (χ4n) is 0.768. The highest BCUT2D eigenvalue weighted by Crippen LogP contribution is 2.22. The van der Waals surface area contributed by atoms with Gasteiger partial charge >= 0.3 is 0 Å². The summed E-state index contributed by atoms with van der Waals surface area (Å²) in [7, 11) is 0. The van der Waals surface area contributed by atoms with Crippen LogP contribution in [0.4, 0.5) is 5.13 Å². The number of nitrogen functional groups attached to an aromatic ring is 1. The topological polar surface area (TPSA) is 77.6 Å². The van der Waals surface area contributed by atoms with E-state index in [1.807, 2.05) is 6.07 Å². The Kier molecular flexibility index (Phi) is 1.67. The lowest BCUT2D eigenvalue weighted by molar-refractivity contribution is 1.03. The van der Waals surface area contributed by atoms with Gasteiger partial charge in [-0.3, -0.25) is 0 Å². The van der Waals surface area contributed by atoms with Crippen molar-refractivity contribution in [1.29, 1.82) is 0 Å². The molecule has 0 radical (unpaired) electrons. The largest absolute Gasteiger partial charge is 0.374 e. The standard InChI is InChI=1S/C6H5N5S/c7-6-11-10-5(12-6)4-1-2-8-9-3-4/h1-3H,(H2,7,11). The molecule has 0 saturated heterocycles. The third-order valence-corrected chi connectivity index (χ3v) is 2.07. The first-order chi connectivity index (χ1) is 5.86. The van der Waals surface area contributed by atoms with Gasteiger partial charge in [-0.1, -0.05) is 11.3 Å². The second-order valence-electron chi connectivity index (χ2n) is 2.08. The van der Waals surface area contributed by atoms with E-state index >= 15 is 0 Å². The van der Waals surface area contributed by atoms with Gasteiger partial charge < -0.3 is 5.73 Å². The average molecular weight is 179 g/mol. The second kappa shape index (κ2) is 2.82. The van der Waals surface area contributed by atoms with Crippen molar-refractivity contribution in [2.75, 3.05) is 5.73 Å². The first-order valence-electron chi connectivity index (χ1n) is 3.22. The molecule has 0 bridgehead atoms. The molecule has 0 aliphatic rings. The van der Waals surface area contributed by atoms with E-state index in [0.717, 1.165) is 10.6 Å². The number of nitrogens with zero attached hydrogens (tertiary/aromatic N) is 4. The number of anilines is 1. The van der Waals surface area contributed by atoms with Crippen LogP contribution in [0.5, 0.6) is 0 Å². The number of rotatable bonds is 1. The highest BCUT2D eigenvalue weighted by Gasteiger charge is 2.02. The predicted octanol–water partition coefficient (Wildman–Crippen LogP) is 0.577. The van der Waals surface area contributed by atoms with Crippen LogP contribution in [0.25, 0.3) is 10.6 Å². The highest BCUT2D eigenvalue weighted by atomic mass is 32.1. The molecule has 0 amide bonds. The van der Waals surface area contributed by atoms with Crippen molar-refractivity contribution in [3.05, 3.63) is 18.5 Å². The Bertz CT molecular complexity index is 370. The van der Waals surface area contributed by atoms with Crippen LogP contribution in [0.15, 0.2) is 18.5 Å². The van der Waals surface area contributed by atoms with Crippen LogP contribution in [0.1, 0.15) is 0 Å². The Labute approximate surface area is 72.3 Å². The van der Waals surface area contributed by atoms with Crippen LogP contribution in [-0.4, -0.2) is 20.4 Å². The van der Waals surface area contributed by atoms with Crippen LogP contribution in [0, 0.1) is 0 Å². The highest BCUT2D eigenvalue weighted by molar-refractivity contribution is 7.18. The van der Waals surface area contributed by atoms with E-state index in [1.54, 1.807) is 12.4 Å². The molecule has 2 aromatic rings. The van der Waals surface area contributed by atoms with E-state index in [1.165, 1.54) is 11.3 Å². The van der Waals surface area contributed by atoms with Crippen molar-refractivity contribution in [2.45, 2.75) is 0 Å². The maximum Gasteiger partial charge on any atom is 0.203 e. The summed E-state index contributed by atoms with van der Waals surface area (Å²) in [5, 5.41) is 16.2. The SMILES string of the molecule is Nc1nnc(-c2ccnnc2)s1. The van der Waals surface area contributed by atoms with Crippen LogP contribution >= 0.6 is 11.3 Å². The van der Waals surface area contributed by atoms with Crippen molar-refractivity contribution in [3.63, 3.8) is 0 Å². The quantitative estimate of drug-likeness (QED) is 0.692. The van der Waals surface area contributed by atoms with Gasteiger partial charge in [0.05, 0.1) is 12.4 Å². The zero-order valence-electron chi connectivity index (χ0n) is 6.01. The Balaban J connectivity index is 2.45. The molecule has 2 N–H and O–H groups in total. The first-order valence-corrected chi connectivity index (χ1v) is 4.04. The molecule has 12 heavy (non-hydrogen) atoms. The molecular formula is C6H5N5S. The number of nitrogens with two attached hydrogens (primary N) is 1. The molecule has 0 atom stereocenters. The first kappa shape index (κ1) is 7.11. The maximum atomic E-state index is 5.42. The number of aromatic nitrogens is 4. The van der Waals surface area contributed by atoms with E-state index in [0.29, 0.717) is 5.13 Å². The van der Waals surface area contributed by atoms with Crippen LogP contribution in [0.2, 0.25) is 0 Å². The van der Waals surface area contributed by atoms with Gasteiger partial charge in [0, 0.05) is 5.56 Å². The molecule has 0 unspecified atom stereocenters. The van der Waals surface area contributed by atoms with Crippen LogP contribution in [-0.2, 0) is 0 Å². The summed E-state index contributed by atoms with van der Waals surface area (Å²) in [5.74, 6) is 0. The van der Waals surface area contributed by atoms with E-state index in [-0.39, 0.29) is 0 Å². The van der Waals surface area contributed by atoms with Crippen molar-refractivity contribution < 1.29 is 0 Å². The summed E-state index contributed by atoms with van der Waals surface area (Å²) in [4.78, 5) is 0. The van der Waals surface area contributed by atoms with Gasteiger partial charge in [0.1, 0.15) is 0 Å². The Morgan fingerprint density at radius 1 is 1.25 bits per heavy atom. The van der Waals surface area contributed by atoms with Gasteiger partial charge in [-0.05, 0) is 6.07 Å². The average Bonchev–Trinajstić information content (AvgIpc) is 2.54. The van der Waals surface area contributed by atoms with Crippen molar-refractivity contribution in [2.24, 2.45) is 0 Å². The predicted molar refractivity (Wildman–Crippen MR) is 45.3 cm³/mol. The summed E-state index contributed by atoms with van der Waals surface area (Å²) < 4.78 is 0. The third-order valence-electron chi connectivity index (χ3n) is 1.27. The molecule has 2 heterocycles. The van der Waals surface area contributed by atoms with E-state index in [4.69, 9.17) is 5.73 Å². The summed E-state index contributed by atoms with van der Waals surface area (Å²) in [6.07, 6.45) is 3.23. The van der Waals surface area contributed by atoms with Crippen LogP contribution in [0.3, 0.4) is 0 Å². The van der Waals surface area contributed by atoms with E-state index < -0.39 is 0 Å². The molecule has 5 nitrogen and oxygen atoms in total. The van der Waals surface area contributed by atoms with Gasteiger partial charge in [-0.15, -0.1) is 10.2 Å². The molecule has 0 aliphatic heterocycles. The summed E-state index contributed by atoms with van der Waals surface area (Å²) in [6, 6.07) is 1.81. The fraction of sp³-hybridized carbons (Fsp3) is 0. The maximum absolute atomic E-state index is 5.42. The minimum Gasteiger partial charge on any atom is -0.374 e. The molecule has 2 rings (SSSR count). The number of hydrogen-bond donors (Lipinski definition) is 1. The molecule has 0 saturated carbocycles. The summed E-state index contributed by atoms with van der Waals surface area (Å²) in [6.45, 7) is 0. The molecule has 2 aromatic heterocycles. The summed E-state index contributed by atoms with van der Waals surface area (Å²) >= 11 is 1.33. The zero-order chi connectivity index (χ0) is 8.39. The lowest BCUT2D eigenvalue weighted by Gasteiger charge is -1.89. The Morgan fingerprint density at radius 3 is 2.75 bits per heavy atom. The molecule has 0 aromatic carbocycles. The van der Waals surface area contributed by atoms with Gasteiger partial charge in [-0.25, -0.2) is 0 Å². The van der Waals surface area contributed by atoms with E-state index in [9.17, 15) is 0 Å². The molecule has 0 fully saturated rings. The monoisotopic (exact) mass is 179 g/mol. The van der Waals surface area contributed by atoms with Gasteiger partial charge in [-0.2, -0.15) is 10.2 Å². The Morgan fingerprint density at radius 2 is 2.17 bits per heavy atom. The lowest BCUT2D eigenvalue weighted by Crippen LogP contribution is -1.81. The van der Waals surface area contributed by atoms with Gasteiger partial charge in [0.15, 0.2) is 5.01 Å². The molecule has 0 aliphatic carbocycles. The van der Waals surface area contributed by atoms with Crippen molar-refractivity contribution in [1.82, 2.24) is 20.4 Å². The Hall–Kier alpha value is -1.56. The molecule has 60 valence electrons. The fourth-order valence-corrected chi connectivity index (χ4v) is 1.37.